The van der Waals surface area contributed by atoms with E-state index in [2.05, 4.69) is 18.0 Å². The SMILES string of the molecule is CCCc1ccc2nc(C(=O)OC)cc(OC(C)C)c2c1. The second kappa shape index (κ2) is 6.57. The molecule has 0 atom stereocenters. The number of rotatable bonds is 5. The maximum atomic E-state index is 11.7. The van der Waals surface area contributed by atoms with Crippen molar-refractivity contribution in [2.75, 3.05) is 7.11 Å². The first-order valence-electron chi connectivity index (χ1n) is 7.23. The minimum atomic E-state index is -0.455. The van der Waals surface area contributed by atoms with Crippen LogP contribution >= 0.6 is 0 Å². The summed E-state index contributed by atoms with van der Waals surface area (Å²) in [6, 6.07) is 7.72. The highest BCUT2D eigenvalue weighted by Gasteiger charge is 2.14. The van der Waals surface area contributed by atoms with E-state index >= 15 is 0 Å². The third kappa shape index (κ3) is 3.51. The zero-order valence-corrected chi connectivity index (χ0v) is 13.0. The minimum absolute atomic E-state index is 0.0240. The molecule has 0 saturated carbocycles. The predicted molar refractivity (Wildman–Crippen MR) is 82.8 cm³/mol. The van der Waals surface area contributed by atoms with Gasteiger partial charge in [0.2, 0.25) is 0 Å². The summed E-state index contributed by atoms with van der Waals surface area (Å²) in [6.45, 7) is 6.06. The molecule has 0 saturated heterocycles. The lowest BCUT2D eigenvalue weighted by molar-refractivity contribution is 0.0593. The number of pyridine rings is 1. The first-order valence-corrected chi connectivity index (χ1v) is 7.23. The van der Waals surface area contributed by atoms with E-state index in [1.54, 1.807) is 6.07 Å². The Balaban J connectivity index is 2.59. The van der Waals surface area contributed by atoms with Gasteiger partial charge in [-0.1, -0.05) is 19.4 Å². The molecule has 0 spiro atoms. The van der Waals surface area contributed by atoms with Crippen LogP contribution in [0.4, 0.5) is 0 Å². The van der Waals surface area contributed by atoms with Crippen molar-refractivity contribution >= 4 is 16.9 Å². The van der Waals surface area contributed by atoms with Crippen molar-refractivity contribution < 1.29 is 14.3 Å². The van der Waals surface area contributed by atoms with E-state index in [9.17, 15) is 4.79 Å². The summed E-state index contributed by atoms with van der Waals surface area (Å²) in [4.78, 5) is 16.1. The average Bonchev–Trinajstić information content (AvgIpc) is 2.46. The van der Waals surface area contributed by atoms with Gasteiger partial charge in [-0.25, -0.2) is 9.78 Å². The van der Waals surface area contributed by atoms with Gasteiger partial charge in [0.15, 0.2) is 5.69 Å². The van der Waals surface area contributed by atoms with Crippen molar-refractivity contribution in [2.45, 2.75) is 39.7 Å². The topological polar surface area (TPSA) is 48.4 Å². The Kier molecular flexibility index (Phi) is 4.78. The van der Waals surface area contributed by atoms with E-state index < -0.39 is 5.97 Å². The number of benzene rings is 1. The molecule has 0 fully saturated rings. The Labute approximate surface area is 125 Å². The van der Waals surface area contributed by atoms with Crippen LogP contribution in [0.25, 0.3) is 10.9 Å². The van der Waals surface area contributed by atoms with E-state index in [1.165, 1.54) is 12.7 Å². The molecule has 4 heteroatoms. The van der Waals surface area contributed by atoms with Gasteiger partial charge in [0.25, 0.3) is 0 Å². The van der Waals surface area contributed by atoms with E-state index in [-0.39, 0.29) is 11.8 Å². The number of aromatic nitrogens is 1. The van der Waals surface area contributed by atoms with Crippen molar-refractivity contribution in [2.24, 2.45) is 0 Å². The lowest BCUT2D eigenvalue weighted by Crippen LogP contribution is -2.09. The Bertz CT molecular complexity index is 650. The number of carbonyl (C=O) groups is 1. The summed E-state index contributed by atoms with van der Waals surface area (Å²) in [5.74, 6) is 0.219. The third-order valence-electron chi connectivity index (χ3n) is 3.13. The predicted octanol–water partition coefficient (Wildman–Crippen LogP) is 3.76. The molecular formula is C17H21NO3. The normalized spacial score (nSPS) is 10.9. The number of ether oxygens (including phenoxy) is 2. The highest BCUT2D eigenvalue weighted by Crippen LogP contribution is 2.28. The number of hydrogen-bond acceptors (Lipinski definition) is 4. The molecule has 4 nitrogen and oxygen atoms in total. The molecule has 2 aromatic rings. The summed E-state index contributed by atoms with van der Waals surface area (Å²) in [5, 5.41) is 0.933. The number of nitrogens with zero attached hydrogens (tertiary/aromatic N) is 1. The average molecular weight is 287 g/mol. The zero-order chi connectivity index (χ0) is 15.4. The first kappa shape index (κ1) is 15.3. The Morgan fingerprint density at radius 1 is 1.29 bits per heavy atom. The molecule has 0 unspecified atom stereocenters. The summed E-state index contributed by atoms with van der Waals surface area (Å²) in [5.41, 5.74) is 2.25. The van der Waals surface area contributed by atoms with Crippen molar-refractivity contribution in [3.05, 3.63) is 35.5 Å². The molecular weight excluding hydrogens is 266 g/mol. The molecule has 21 heavy (non-hydrogen) atoms. The lowest BCUT2D eigenvalue weighted by atomic mass is 10.1. The van der Waals surface area contributed by atoms with Crippen molar-refractivity contribution in [3.63, 3.8) is 0 Å². The van der Waals surface area contributed by atoms with Crippen LogP contribution < -0.4 is 4.74 Å². The highest BCUT2D eigenvalue weighted by atomic mass is 16.5. The van der Waals surface area contributed by atoms with Crippen molar-refractivity contribution in [1.29, 1.82) is 0 Å². The molecule has 0 bridgehead atoms. The maximum absolute atomic E-state index is 11.7. The summed E-state index contributed by atoms with van der Waals surface area (Å²) in [7, 11) is 1.35. The number of fused-ring (bicyclic) bond motifs is 1. The Hall–Kier alpha value is -2.10. The van der Waals surface area contributed by atoms with Gasteiger partial charge in [0.1, 0.15) is 5.75 Å². The van der Waals surface area contributed by atoms with Gasteiger partial charge in [-0.3, -0.25) is 0 Å². The number of carbonyl (C=O) groups excluding carboxylic acids is 1. The minimum Gasteiger partial charge on any atom is -0.490 e. The van der Waals surface area contributed by atoms with Gasteiger partial charge in [0.05, 0.1) is 18.7 Å². The molecule has 1 aromatic carbocycles. The molecule has 0 aliphatic carbocycles. The van der Waals surface area contributed by atoms with Crippen LogP contribution in [-0.2, 0) is 11.2 Å². The molecule has 1 heterocycles. The van der Waals surface area contributed by atoms with E-state index in [0.717, 1.165) is 23.7 Å². The summed E-state index contributed by atoms with van der Waals surface area (Å²) >= 11 is 0. The van der Waals surface area contributed by atoms with Crippen LogP contribution in [0.15, 0.2) is 24.3 Å². The summed E-state index contributed by atoms with van der Waals surface area (Å²) < 4.78 is 10.6. The second-order valence-electron chi connectivity index (χ2n) is 5.27. The number of hydrogen-bond donors (Lipinski definition) is 0. The maximum Gasteiger partial charge on any atom is 0.356 e. The fraction of sp³-hybridized carbons (Fsp3) is 0.412. The van der Waals surface area contributed by atoms with Crippen molar-refractivity contribution in [1.82, 2.24) is 4.98 Å². The molecule has 2 rings (SSSR count). The molecule has 112 valence electrons. The van der Waals surface area contributed by atoms with Gasteiger partial charge in [-0.15, -0.1) is 0 Å². The number of esters is 1. The molecule has 0 radical (unpaired) electrons. The molecule has 0 aliphatic heterocycles. The Morgan fingerprint density at radius 2 is 2.05 bits per heavy atom. The quantitative estimate of drug-likeness (QED) is 0.786. The summed E-state index contributed by atoms with van der Waals surface area (Å²) in [6.07, 6.45) is 2.12. The van der Waals surface area contributed by atoms with Crippen molar-refractivity contribution in [3.8, 4) is 5.75 Å². The highest BCUT2D eigenvalue weighted by molar-refractivity contribution is 5.94. The van der Waals surface area contributed by atoms with Crippen LogP contribution in [0, 0.1) is 0 Å². The largest absolute Gasteiger partial charge is 0.490 e. The third-order valence-corrected chi connectivity index (χ3v) is 3.13. The van der Waals surface area contributed by atoms with E-state index in [0.29, 0.717) is 5.75 Å². The second-order valence-corrected chi connectivity index (χ2v) is 5.27. The monoisotopic (exact) mass is 287 g/mol. The smallest absolute Gasteiger partial charge is 0.356 e. The standard InChI is InChI=1S/C17H21NO3/c1-5-6-12-7-8-14-13(9-12)16(21-11(2)3)10-15(18-14)17(19)20-4/h7-11H,5-6H2,1-4H3. The van der Waals surface area contributed by atoms with E-state index in [4.69, 9.17) is 9.47 Å². The fourth-order valence-corrected chi connectivity index (χ4v) is 2.25. The van der Waals surface area contributed by atoms with Crippen LogP contribution in [-0.4, -0.2) is 24.2 Å². The van der Waals surface area contributed by atoms with Gasteiger partial charge in [-0.2, -0.15) is 0 Å². The molecule has 1 aromatic heterocycles. The number of aryl methyl sites for hydroxylation is 1. The van der Waals surface area contributed by atoms with Gasteiger partial charge in [0, 0.05) is 11.5 Å². The molecule has 0 amide bonds. The fourth-order valence-electron chi connectivity index (χ4n) is 2.25. The zero-order valence-electron chi connectivity index (χ0n) is 13.0. The van der Waals surface area contributed by atoms with Crippen LogP contribution in [0.1, 0.15) is 43.2 Å². The Morgan fingerprint density at radius 3 is 2.67 bits per heavy atom. The molecule has 0 N–H and O–H groups in total. The number of methoxy groups -OCH3 is 1. The van der Waals surface area contributed by atoms with Gasteiger partial charge < -0.3 is 9.47 Å². The van der Waals surface area contributed by atoms with E-state index in [1.807, 2.05) is 26.0 Å². The lowest BCUT2D eigenvalue weighted by Gasteiger charge is -2.14. The van der Waals surface area contributed by atoms with Gasteiger partial charge >= 0.3 is 5.97 Å². The van der Waals surface area contributed by atoms with Crippen LogP contribution in [0.3, 0.4) is 0 Å². The van der Waals surface area contributed by atoms with Crippen LogP contribution in [0.5, 0.6) is 5.75 Å². The van der Waals surface area contributed by atoms with Gasteiger partial charge in [-0.05, 0) is 38.0 Å². The molecule has 0 aliphatic rings. The van der Waals surface area contributed by atoms with Crippen LogP contribution in [0.2, 0.25) is 0 Å². The first-order chi connectivity index (χ1) is 10.0.